The number of benzene rings is 1. The number of halogens is 2. The Morgan fingerprint density at radius 1 is 1.55 bits per heavy atom. The van der Waals surface area contributed by atoms with E-state index in [4.69, 9.17) is 9.47 Å². The van der Waals surface area contributed by atoms with Crippen LogP contribution in [0.5, 0.6) is 11.5 Å². The highest BCUT2D eigenvalue weighted by molar-refractivity contribution is 5.82. The highest BCUT2D eigenvalue weighted by atomic mass is 19.3. The van der Waals surface area contributed by atoms with Crippen LogP contribution >= 0.6 is 0 Å². The van der Waals surface area contributed by atoms with Gasteiger partial charge in [0, 0.05) is 18.7 Å². The summed E-state index contributed by atoms with van der Waals surface area (Å²) in [5.41, 5.74) is 0.407. The van der Waals surface area contributed by atoms with Gasteiger partial charge in [0.1, 0.15) is 17.5 Å². The van der Waals surface area contributed by atoms with Gasteiger partial charge in [-0.3, -0.25) is 4.79 Å². The van der Waals surface area contributed by atoms with Gasteiger partial charge >= 0.3 is 6.61 Å². The van der Waals surface area contributed by atoms with Crippen LogP contribution in [0.15, 0.2) is 18.2 Å². The van der Waals surface area contributed by atoms with Crippen LogP contribution in [0.25, 0.3) is 0 Å². The summed E-state index contributed by atoms with van der Waals surface area (Å²) in [4.78, 5) is 12.0. The standard InChI is InChI=1S/C14H18F2N2O4/c1-20-10-2-3-12(22-14(15)16)9(6-10)7-18-13(19)11-8-21-5-4-17-11/h2-3,6,11,14,17H,4-5,7-8H2,1H3,(H,18,19). The molecular weight excluding hydrogens is 298 g/mol. The van der Waals surface area contributed by atoms with Crippen LogP contribution in [0.1, 0.15) is 5.56 Å². The third kappa shape index (κ3) is 4.54. The Bertz CT molecular complexity index is 508. The van der Waals surface area contributed by atoms with E-state index in [2.05, 4.69) is 15.4 Å². The van der Waals surface area contributed by atoms with Crippen LogP contribution in [0.2, 0.25) is 0 Å². The maximum Gasteiger partial charge on any atom is 0.387 e. The number of carbonyl (C=O) groups excluding carboxylic acids is 1. The summed E-state index contributed by atoms with van der Waals surface area (Å²) in [5.74, 6) is 0.236. The fraction of sp³-hybridized carbons (Fsp3) is 0.500. The van der Waals surface area contributed by atoms with Crippen molar-refractivity contribution in [3.05, 3.63) is 23.8 Å². The van der Waals surface area contributed by atoms with Gasteiger partial charge in [0.25, 0.3) is 0 Å². The van der Waals surface area contributed by atoms with Crippen molar-refractivity contribution in [3.8, 4) is 11.5 Å². The molecule has 2 rings (SSSR count). The summed E-state index contributed by atoms with van der Waals surface area (Å²) in [6, 6.07) is 4.00. The molecule has 1 aliphatic heterocycles. The SMILES string of the molecule is COc1ccc(OC(F)F)c(CNC(=O)C2COCCN2)c1. The minimum atomic E-state index is -2.93. The molecule has 1 aromatic carbocycles. The summed E-state index contributed by atoms with van der Waals surface area (Å²) < 4.78 is 39.5. The van der Waals surface area contributed by atoms with E-state index < -0.39 is 12.7 Å². The molecule has 1 heterocycles. The molecule has 0 aromatic heterocycles. The monoisotopic (exact) mass is 316 g/mol. The van der Waals surface area contributed by atoms with Crippen LogP contribution < -0.4 is 20.1 Å². The zero-order valence-electron chi connectivity index (χ0n) is 12.1. The lowest BCUT2D eigenvalue weighted by atomic mass is 10.1. The van der Waals surface area contributed by atoms with Gasteiger partial charge in [-0.05, 0) is 18.2 Å². The lowest BCUT2D eigenvalue weighted by Crippen LogP contribution is -2.51. The summed E-state index contributed by atoms with van der Waals surface area (Å²) in [5, 5.41) is 5.68. The molecule has 0 spiro atoms. The van der Waals surface area contributed by atoms with Gasteiger partial charge in [0.15, 0.2) is 0 Å². The third-order valence-electron chi connectivity index (χ3n) is 3.17. The largest absolute Gasteiger partial charge is 0.497 e. The Balaban J connectivity index is 2.01. The summed E-state index contributed by atoms with van der Waals surface area (Å²) in [7, 11) is 1.47. The Morgan fingerprint density at radius 2 is 2.36 bits per heavy atom. The molecule has 2 N–H and O–H groups in total. The minimum Gasteiger partial charge on any atom is -0.497 e. The number of nitrogens with one attached hydrogen (secondary N) is 2. The number of rotatable bonds is 6. The van der Waals surface area contributed by atoms with E-state index in [0.29, 0.717) is 24.5 Å². The smallest absolute Gasteiger partial charge is 0.387 e. The Kier molecular flexibility index (Phi) is 5.91. The Labute approximate surface area is 126 Å². The first-order chi connectivity index (χ1) is 10.6. The molecule has 0 aliphatic carbocycles. The van der Waals surface area contributed by atoms with Gasteiger partial charge in [-0.15, -0.1) is 0 Å². The van der Waals surface area contributed by atoms with Crippen molar-refractivity contribution >= 4 is 5.91 Å². The third-order valence-corrected chi connectivity index (χ3v) is 3.17. The number of hydrogen-bond acceptors (Lipinski definition) is 5. The van der Waals surface area contributed by atoms with Crippen LogP contribution in [0.4, 0.5) is 8.78 Å². The molecule has 1 fully saturated rings. The maximum absolute atomic E-state index is 12.4. The van der Waals surface area contributed by atoms with Crippen molar-refractivity contribution in [1.29, 1.82) is 0 Å². The quantitative estimate of drug-likeness (QED) is 0.816. The predicted molar refractivity (Wildman–Crippen MR) is 74.1 cm³/mol. The van der Waals surface area contributed by atoms with Crippen LogP contribution in [0.3, 0.4) is 0 Å². The normalized spacial score (nSPS) is 18.1. The predicted octanol–water partition coefficient (Wildman–Crippen LogP) is 0.901. The zero-order valence-corrected chi connectivity index (χ0v) is 12.1. The number of carbonyl (C=O) groups is 1. The van der Waals surface area contributed by atoms with Gasteiger partial charge in [0.2, 0.25) is 5.91 Å². The molecule has 1 saturated heterocycles. The number of methoxy groups -OCH3 is 1. The molecule has 0 radical (unpaired) electrons. The van der Waals surface area contributed by atoms with E-state index in [0.717, 1.165) is 0 Å². The van der Waals surface area contributed by atoms with Crippen molar-refractivity contribution in [2.24, 2.45) is 0 Å². The van der Waals surface area contributed by atoms with Gasteiger partial charge in [-0.2, -0.15) is 8.78 Å². The molecule has 8 heteroatoms. The molecular formula is C14H18F2N2O4. The van der Waals surface area contributed by atoms with Gasteiger partial charge in [0.05, 0.1) is 20.3 Å². The summed E-state index contributed by atoms with van der Waals surface area (Å²) in [6.45, 7) is -1.44. The average Bonchev–Trinajstić information content (AvgIpc) is 2.54. The number of amides is 1. The van der Waals surface area contributed by atoms with E-state index in [9.17, 15) is 13.6 Å². The second kappa shape index (κ2) is 7.90. The number of alkyl halides is 2. The van der Waals surface area contributed by atoms with E-state index >= 15 is 0 Å². The first kappa shape index (κ1) is 16.4. The topological polar surface area (TPSA) is 68.8 Å². The highest BCUT2D eigenvalue weighted by Gasteiger charge is 2.21. The minimum absolute atomic E-state index is 0.00366. The van der Waals surface area contributed by atoms with E-state index in [1.54, 1.807) is 6.07 Å². The van der Waals surface area contributed by atoms with Gasteiger partial charge < -0.3 is 24.8 Å². The van der Waals surface area contributed by atoms with Crippen LogP contribution in [0, 0.1) is 0 Å². The molecule has 1 amide bonds. The zero-order chi connectivity index (χ0) is 15.9. The fourth-order valence-corrected chi connectivity index (χ4v) is 2.07. The number of ether oxygens (including phenoxy) is 3. The molecule has 122 valence electrons. The lowest BCUT2D eigenvalue weighted by molar-refractivity contribution is -0.126. The Hall–Kier alpha value is -1.93. The molecule has 0 saturated carbocycles. The van der Waals surface area contributed by atoms with E-state index in [-0.39, 0.29) is 24.8 Å². The first-order valence-electron chi connectivity index (χ1n) is 6.80. The second-order valence-electron chi connectivity index (χ2n) is 4.65. The van der Waals surface area contributed by atoms with Crippen molar-refractivity contribution in [2.75, 3.05) is 26.9 Å². The summed E-state index contributed by atoms with van der Waals surface area (Å²) >= 11 is 0. The van der Waals surface area contributed by atoms with Gasteiger partial charge in [-0.25, -0.2) is 0 Å². The maximum atomic E-state index is 12.4. The van der Waals surface area contributed by atoms with Crippen LogP contribution in [-0.4, -0.2) is 45.4 Å². The van der Waals surface area contributed by atoms with Crippen molar-refractivity contribution < 1.29 is 27.8 Å². The molecule has 1 aromatic rings. The lowest BCUT2D eigenvalue weighted by Gasteiger charge is -2.23. The first-order valence-corrected chi connectivity index (χ1v) is 6.80. The van der Waals surface area contributed by atoms with Crippen molar-refractivity contribution in [2.45, 2.75) is 19.2 Å². The molecule has 0 bridgehead atoms. The second-order valence-corrected chi connectivity index (χ2v) is 4.65. The van der Waals surface area contributed by atoms with E-state index in [1.165, 1.54) is 19.2 Å². The van der Waals surface area contributed by atoms with Crippen LogP contribution in [-0.2, 0) is 16.1 Å². The Morgan fingerprint density at radius 3 is 3.00 bits per heavy atom. The van der Waals surface area contributed by atoms with E-state index in [1.807, 2.05) is 0 Å². The number of hydrogen-bond donors (Lipinski definition) is 2. The molecule has 1 atom stereocenters. The highest BCUT2D eigenvalue weighted by Crippen LogP contribution is 2.25. The molecule has 1 aliphatic rings. The van der Waals surface area contributed by atoms with Crippen molar-refractivity contribution in [1.82, 2.24) is 10.6 Å². The van der Waals surface area contributed by atoms with Gasteiger partial charge in [-0.1, -0.05) is 0 Å². The molecule has 1 unspecified atom stereocenters. The summed E-state index contributed by atoms with van der Waals surface area (Å²) in [6.07, 6.45) is 0. The molecule has 22 heavy (non-hydrogen) atoms. The average molecular weight is 316 g/mol. The molecule has 6 nitrogen and oxygen atoms in total. The van der Waals surface area contributed by atoms with Crippen molar-refractivity contribution in [3.63, 3.8) is 0 Å². The fourth-order valence-electron chi connectivity index (χ4n) is 2.07. The number of morpholine rings is 1.